The second-order valence-corrected chi connectivity index (χ2v) is 6.87. The van der Waals surface area contributed by atoms with Crippen molar-refractivity contribution >= 4 is 21.6 Å². The van der Waals surface area contributed by atoms with Crippen LogP contribution in [0.1, 0.15) is 12.7 Å². The largest absolute Gasteiger partial charge is 0.467 e. The number of rotatable bonds is 6. The standard InChI is InChI=1S/C15H17FN2O4S/c1-11(15(19)17-10-14-4-3-9-22-14)18(23(2,20)21)13-7-5-12(16)6-8-13/h3-9,11H,10H2,1-2H3,(H,17,19)/t11-/m0/s1. The average Bonchev–Trinajstić information content (AvgIpc) is 2.99. The van der Waals surface area contributed by atoms with Crippen LogP contribution in [0, 0.1) is 5.82 Å². The van der Waals surface area contributed by atoms with Crippen molar-refractivity contribution in [3.05, 3.63) is 54.2 Å². The fourth-order valence-electron chi connectivity index (χ4n) is 2.13. The molecule has 0 spiro atoms. The lowest BCUT2D eigenvalue weighted by Crippen LogP contribution is -2.47. The van der Waals surface area contributed by atoms with Gasteiger partial charge in [-0.2, -0.15) is 0 Å². The summed E-state index contributed by atoms with van der Waals surface area (Å²) in [7, 11) is -3.72. The Balaban J connectivity index is 2.18. The van der Waals surface area contributed by atoms with Crippen LogP contribution in [0.2, 0.25) is 0 Å². The lowest BCUT2D eigenvalue weighted by Gasteiger charge is -2.28. The molecule has 1 aromatic carbocycles. The van der Waals surface area contributed by atoms with Crippen LogP contribution >= 0.6 is 0 Å². The fourth-order valence-corrected chi connectivity index (χ4v) is 3.31. The van der Waals surface area contributed by atoms with Crippen LogP contribution in [0.15, 0.2) is 47.1 Å². The minimum Gasteiger partial charge on any atom is -0.467 e. The Morgan fingerprint density at radius 2 is 1.96 bits per heavy atom. The Morgan fingerprint density at radius 1 is 1.30 bits per heavy atom. The van der Waals surface area contributed by atoms with Crippen LogP contribution in [0.4, 0.5) is 10.1 Å². The molecule has 6 nitrogen and oxygen atoms in total. The predicted octanol–water partition coefficient (Wildman–Crippen LogP) is 1.89. The lowest BCUT2D eigenvalue weighted by atomic mass is 10.2. The minimum absolute atomic E-state index is 0.150. The molecule has 0 saturated heterocycles. The molecule has 8 heteroatoms. The number of carbonyl (C=O) groups is 1. The van der Waals surface area contributed by atoms with Gasteiger partial charge in [0.15, 0.2) is 0 Å². The molecule has 0 fully saturated rings. The van der Waals surface area contributed by atoms with Gasteiger partial charge < -0.3 is 9.73 Å². The molecular weight excluding hydrogens is 323 g/mol. The third-order valence-electron chi connectivity index (χ3n) is 3.19. The third kappa shape index (κ3) is 4.32. The van der Waals surface area contributed by atoms with Gasteiger partial charge in [0, 0.05) is 0 Å². The maximum atomic E-state index is 13.0. The minimum atomic E-state index is -3.72. The number of hydrogen-bond donors (Lipinski definition) is 1. The smallest absolute Gasteiger partial charge is 0.243 e. The van der Waals surface area contributed by atoms with Crippen molar-refractivity contribution in [1.82, 2.24) is 5.32 Å². The number of nitrogens with one attached hydrogen (secondary N) is 1. The summed E-state index contributed by atoms with van der Waals surface area (Å²) in [4.78, 5) is 12.2. The highest BCUT2D eigenvalue weighted by Gasteiger charge is 2.29. The van der Waals surface area contributed by atoms with Crippen LogP contribution in [0.5, 0.6) is 0 Å². The van der Waals surface area contributed by atoms with Crippen molar-refractivity contribution in [2.24, 2.45) is 0 Å². The van der Waals surface area contributed by atoms with Gasteiger partial charge in [0.05, 0.1) is 24.8 Å². The second-order valence-electron chi connectivity index (χ2n) is 5.01. The van der Waals surface area contributed by atoms with Crippen molar-refractivity contribution in [2.45, 2.75) is 19.5 Å². The van der Waals surface area contributed by atoms with Gasteiger partial charge in [-0.15, -0.1) is 0 Å². The van der Waals surface area contributed by atoms with Crippen LogP contribution in [0.3, 0.4) is 0 Å². The summed E-state index contributed by atoms with van der Waals surface area (Å²) in [5, 5.41) is 2.61. The van der Waals surface area contributed by atoms with Crippen LogP contribution < -0.4 is 9.62 Å². The van der Waals surface area contributed by atoms with E-state index in [0.29, 0.717) is 5.76 Å². The molecule has 0 saturated carbocycles. The maximum absolute atomic E-state index is 13.0. The third-order valence-corrected chi connectivity index (χ3v) is 4.43. The Hall–Kier alpha value is -2.35. The van der Waals surface area contributed by atoms with E-state index in [9.17, 15) is 17.6 Å². The molecule has 0 aliphatic heterocycles. The van der Waals surface area contributed by atoms with Crippen LogP contribution in [0.25, 0.3) is 0 Å². The summed E-state index contributed by atoms with van der Waals surface area (Å²) >= 11 is 0. The van der Waals surface area contributed by atoms with E-state index in [1.165, 1.54) is 25.3 Å². The first-order chi connectivity index (χ1) is 10.8. The maximum Gasteiger partial charge on any atom is 0.243 e. The zero-order valence-electron chi connectivity index (χ0n) is 12.7. The Morgan fingerprint density at radius 3 is 2.48 bits per heavy atom. The first-order valence-electron chi connectivity index (χ1n) is 6.84. The summed E-state index contributed by atoms with van der Waals surface area (Å²) in [6.45, 7) is 1.61. The number of hydrogen-bond acceptors (Lipinski definition) is 4. The number of carbonyl (C=O) groups excluding carboxylic acids is 1. The molecule has 1 amide bonds. The number of sulfonamides is 1. The van der Waals surface area contributed by atoms with Crippen molar-refractivity contribution in [3.63, 3.8) is 0 Å². The van der Waals surface area contributed by atoms with Gasteiger partial charge >= 0.3 is 0 Å². The second kappa shape index (κ2) is 6.82. The van der Waals surface area contributed by atoms with E-state index in [0.717, 1.165) is 22.7 Å². The Kier molecular flexibility index (Phi) is 5.05. The quantitative estimate of drug-likeness (QED) is 0.871. The van der Waals surface area contributed by atoms with Gasteiger partial charge in [-0.1, -0.05) is 0 Å². The number of anilines is 1. The van der Waals surface area contributed by atoms with Crippen LogP contribution in [-0.4, -0.2) is 26.6 Å². The molecule has 2 aromatic rings. The van der Waals surface area contributed by atoms with E-state index in [1.807, 2.05) is 0 Å². The molecule has 1 aromatic heterocycles. The zero-order valence-corrected chi connectivity index (χ0v) is 13.5. The fraction of sp³-hybridized carbons (Fsp3) is 0.267. The lowest BCUT2D eigenvalue weighted by molar-refractivity contribution is -0.122. The first kappa shape index (κ1) is 17.0. The van der Waals surface area contributed by atoms with E-state index in [-0.39, 0.29) is 12.2 Å². The van der Waals surface area contributed by atoms with Gasteiger partial charge in [-0.25, -0.2) is 12.8 Å². The molecule has 0 bridgehead atoms. The van der Waals surface area contributed by atoms with Gasteiger partial charge in [0.1, 0.15) is 17.6 Å². The van der Waals surface area contributed by atoms with E-state index >= 15 is 0 Å². The zero-order chi connectivity index (χ0) is 17.0. The number of amides is 1. The molecule has 0 unspecified atom stereocenters. The molecular formula is C15H17FN2O4S. The van der Waals surface area contributed by atoms with E-state index in [4.69, 9.17) is 4.42 Å². The van der Waals surface area contributed by atoms with E-state index in [2.05, 4.69) is 5.32 Å². The highest BCUT2D eigenvalue weighted by molar-refractivity contribution is 7.92. The van der Waals surface area contributed by atoms with Crippen LogP contribution in [-0.2, 0) is 21.4 Å². The van der Waals surface area contributed by atoms with Crippen molar-refractivity contribution in [3.8, 4) is 0 Å². The summed E-state index contributed by atoms with van der Waals surface area (Å²) in [6, 6.07) is 7.29. The summed E-state index contributed by atoms with van der Waals surface area (Å²) in [5.41, 5.74) is 0.217. The number of benzene rings is 1. The molecule has 1 N–H and O–H groups in total. The molecule has 0 radical (unpaired) electrons. The van der Waals surface area contributed by atoms with Gasteiger partial charge in [0.25, 0.3) is 0 Å². The average molecular weight is 340 g/mol. The van der Waals surface area contributed by atoms with Gasteiger partial charge in [-0.3, -0.25) is 9.10 Å². The molecule has 124 valence electrons. The molecule has 0 aliphatic rings. The monoisotopic (exact) mass is 340 g/mol. The molecule has 23 heavy (non-hydrogen) atoms. The molecule has 0 aliphatic carbocycles. The highest BCUT2D eigenvalue weighted by Crippen LogP contribution is 2.21. The first-order valence-corrected chi connectivity index (χ1v) is 8.69. The van der Waals surface area contributed by atoms with E-state index in [1.54, 1.807) is 12.1 Å². The molecule has 1 atom stereocenters. The van der Waals surface area contributed by atoms with Crippen molar-refractivity contribution in [1.29, 1.82) is 0 Å². The number of halogens is 1. The topological polar surface area (TPSA) is 79.6 Å². The highest BCUT2D eigenvalue weighted by atomic mass is 32.2. The molecule has 2 rings (SSSR count). The predicted molar refractivity (Wildman–Crippen MR) is 83.7 cm³/mol. The summed E-state index contributed by atoms with van der Waals surface area (Å²) < 4.78 is 43.1. The Labute approximate surface area is 134 Å². The van der Waals surface area contributed by atoms with Gasteiger partial charge in [0.2, 0.25) is 15.9 Å². The summed E-state index contributed by atoms with van der Waals surface area (Å²) in [6.07, 6.45) is 2.47. The van der Waals surface area contributed by atoms with E-state index < -0.39 is 27.8 Å². The SMILES string of the molecule is C[C@@H](C(=O)NCc1ccco1)N(c1ccc(F)cc1)S(C)(=O)=O. The number of furan rings is 1. The number of nitrogens with zero attached hydrogens (tertiary/aromatic N) is 1. The van der Waals surface area contributed by atoms with Gasteiger partial charge in [-0.05, 0) is 43.3 Å². The molecule has 1 heterocycles. The summed E-state index contributed by atoms with van der Waals surface area (Å²) in [5.74, 6) is -0.425. The normalized spacial score (nSPS) is 12.7. The van der Waals surface area contributed by atoms with Crippen molar-refractivity contribution in [2.75, 3.05) is 10.6 Å². The van der Waals surface area contributed by atoms with Crippen molar-refractivity contribution < 1.29 is 22.0 Å². The Bertz CT molecular complexity index is 757.